The van der Waals surface area contributed by atoms with Crippen LogP contribution in [0, 0.1) is 0 Å². The van der Waals surface area contributed by atoms with Crippen molar-refractivity contribution in [1.29, 1.82) is 0 Å². The second kappa shape index (κ2) is 8.34. The van der Waals surface area contributed by atoms with Gasteiger partial charge in [-0.1, -0.05) is 24.3 Å². The van der Waals surface area contributed by atoms with Crippen molar-refractivity contribution < 1.29 is 28.5 Å². The number of hydrogen-bond acceptors (Lipinski definition) is 7. The lowest BCUT2D eigenvalue weighted by Gasteiger charge is -2.21. The summed E-state index contributed by atoms with van der Waals surface area (Å²) in [5.74, 6) is 0.244. The zero-order chi connectivity index (χ0) is 22.2. The van der Waals surface area contributed by atoms with Gasteiger partial charge >= 0.3 is 7.82 Å². The standard InChI is InChI=1S/C12H13N3O2.C9H11O4P/c16-9-7-8(13-1-2-13)12(17)11(15-5-6-15)10(9)14-3-4-14;1-2-5-8-6-3-4-7-9(8)13-14(10,11)12/h7H,1-6H2;2-4,6-7H,1,5H2,(H2,10,11,12). The van der Waals surface area contributed by atoms with Crippen molar-refractivity contribution in [3.8, 4) is 5.75 Å². The average molecular weight is 445 g/mol. The molecule has 1 aromatic rings. The van der Waals surface area contributed by atoms with Crippen LogP contribution in [0.2, 0.25) is 0 Å². The molecule has 0 aromatic heterocycles. The van der Waals surface area contributed by atoms with Crippen molar-refractivity contribution in [2.45, 2.75) is 6.42 Å². The van der Waals surface area contributed by atoms with Crippen LogP contribution in [0.3, 0.4) is 0 Å². The molecule has 2 N–H and O–H groups in total. The number of ketones is 2. The molecule has 3 saturated heterocycles. The Kier molecular flexibility index (Phi) is 5.75. The lowest BCUT2D eigenvalue weighted by Crippen LogP contribution is -2.29. The molecule has 10 heteroatoms. The van der Waals surface area contributed by atoms with Gasteiger partial charge in [0, 0.05) is 45.3 Å². The molecule has 0 spiro atoms. The highest BCUT2D eigenvalue weighted by atomic mass is 31.2. The largest absolute Gasteiger partial charge is 0.524 e. The number of Topliss-reactive ketones (excluding diaryl/α,β-unsaturated/α-hetero) is 1. The summed E-state index contributed by atoms with van der Waals surface area (Å²) >= 11 is 0. The molecule has 0 amide bonds. The van der Waals surface area contributed by atoms with Crippen LogP contribution in [0.25, 0.3) is 0 Å². The number of para-hydroxylation sites is 1. The molecule has 0 saturated carbocycles. The number of carbonyl (C=O) groups is 2. The first-order valence-corrected chi connectivity index (χ1v) is 11.6. The second-order valence-corrected chi connectivity index (χ2v) is 8.73. The van der Waals surface area contributed by atoms with E-state index in [9.17, 15) is 14.2 Å². The van der Waals surface area contributed by atoms with Gasteiger partial charge in [-0.15, -0.1) is 6.58 Å². The number of hydrogen-bond donors (Lipinski definition) is 2. The third kappa shape index (κ3) is 5.25. The van der Waals surface area contributed by atoms with Crippen LogP contribution >= 0.6 is 7.82 Å². The minimum Gasteiger partial charge on any atom is -0.404 e. The molecule has 3 fully saturated rings. The molecule has 0 bridgehead atoms. The van der Waals surface area contributed by atoms with E-state index in [4.69, 9.17) is 9.79 Å². The summed E-state index contributed by atoms with van der Waals surface area (Å²) in [6, 6.07) is 6.66. The first-order chi connectivity index (χ1) is 14.8. The topological polar surface area (TPSA) is 110 Å². The summed E-state index contributed by atoms with van der Waals surface area (Å²) in [5, 5.41) is 0. The van der Waals surface area contributed by atoms with Crippen molar-refractivity contribution in [2.75, 3.05) is 39.3 Å². The number of carbonyl (C=O) groups excluding carboxylic acids is 2. The van der Waals surface area contributed by atoms with Crippen LogP contribution in [-0.4, -0.2) is 75.3 Å². The highest BCUT2D eigenvalue weighted by molar-refractivity contribution is 7.46. The minimum atomic E-state index is -4.47. The number of phosphoric ester groups is 1. The lowest BCUT2D eigenvalue weighted by molar-refractivity contribution is -0.117. The Morgan fingerprint density at radius 3 is 2.10 bits per heavy atom. The zero-order valence-corrected chi connectivity index (χ0v) is 17.8. The Bertz CT molecular complexity index is 1030. The number of nitrogens with zero attached hydrogens (tertiary/aromatic N) is 3. The quantitative estimate of drug-likeness (QED) is 0.276. The predicted octanol–water partition coefficient (Wildman–Crippen LogP) is 1.07. The number of allylic oxidation sites excluding steroid dienone is 2. The van der Waals surface area contributed by atoms with Crippen LogP contribution in [0.15, 0.2) is 60.1 Å². The third-order valence-electron chi connectivity index (χ3n) is 5.04. The maximum atomic E-state index is 12.4. The van der Waals surface area contributed by atoms with Gasteiger partial charge in [-0.05, 0) is 18.1 Å². The SMILES string of the molecule is C=CCc1ccccc1OP(=O)(O)O.O=C1C=C(N2CC2)C(=O)C(N2CC2)=C1N1CC1. The molecule has 1 aliphatic carbocycles. The molecule has 9 nitrogen and oxygen atoms in total. The third-order valence-corrected chi connectivity index (χ3v) is 5.48. The molecular formula is C21H24N3O6P. The Balaban J connectivity index is 0.000000153. The molecule has 164 valence electrons. The Labute approximate surface area is 180 Å². The lowest BCUT2D eigenvalue weighted by atomic mass is 10.0. The molecular weight excluding hydrogens is 421 g/mol. The van der Waals surface area contributed by atoms with Crippen molar-refractivity contribution in [3.05, 3.63) is 65.7 Å². The average Bonchev–Trinajstić information content (AvgIpc) is 3.54. The predicted molar refractivity (Wildman–Crippen MR) is 113 cm³/mol. The number of rotatable bonds is 7. The molecule has 5 rings (SSSR count). The smallest absolute Gasteiger partial charge is 0.404 e. The molecule has 0 radical (unpaired) electrons. The van der Waals surface area contributed by atoms with Crippen molar-refractivity contribution in [1.82, 2.24) is 14.7 Å². The van der Waals surface area contributed by atoms with Crippen LogP contribution in [0.5, 0.6) is 5.75 Å². The fraction of sp³-hybridized carbons (Fsp3) is 0.333. The van der Waals surface area contributed by atoms with Gasteiger partial charge in [0.05, 0.1) is 5.70 Å². The summed E-state index contributed by atoms with van der Waals surface area (Å²) in [6.07, 6.45) is 3.67. The maximum Gasteiger partial charge on any atom is 0.524 e. The van der Waals surface area contributed by atoms with E-state index in [-0.39, 0.29) is 17.3 Å². The van der Waals surface area contributed by atoms with E-state index in [1.165, 1.54) is 12.1 Å². The van der Waals surface area contributed by atoms with Gasteiger partial charge in [0.25, 0.3) is 0 Å². The summed E-state index contributed by atoms with van der Waals surface area (Å²) in [5.41, 5.74) is 2.59. The fourth-order valence-corrected chi connectivity index (χ4v) is 3.76. The van der Waals surface area contributed by atoms with Crippen molar-refractivity contribution in [2.24, 2.45) is 0 Å². The molecule has 4 aliphatic rings. The van der Waals surface area contributed by atoms with E-state index < -0.39 is 7.82 Å². The Morgan fingerprint density at radius 1 is 0.968 bits per heavy atom. The zero-order valence-electron chi connectivity index (χ0n) is 16.9. The second-order valence-electron chi connectivity index (χ2n) is 7.56. The molecule has 31 heavy (non-hydrogen) atoms. The summed E-state index contributed by atoms with van der Waals surface area (Å²) in [7, 11) is -4.47. The summed E-state index contributed by atoms with van der Waals surface area (Å²) in [4.78, 5) is 47.7. The van der Waals surface area contributed by atoms with E-state index in [0.29, 0.717) is 29.1 Å². The van der Waals surface area contributed by atoms with Crippen molar-refractivity contribution >= 4 is 19.4 Å². The highest BCUT2D eigenvalue weighted by Gasteiger charge is 2.43. The van der Waals surface area contributed by atoms with Gasteiger partial charge in [-0.2, -0.15) is 0 Å². The van der Waals surface area contributed by atoms with Crippen LogP contribution in [-0.2, 0) is 20.6 Å². The summed E-state index contributed by atoms with van der Waals surface area (Å²) < 4.78 is 15.1. The van der Waals surface area contributed by atoms with Gasteiger partial charge in [0.15, 0.2) is 0 Å². The van der Waals surface area contributed by atoms with Crippen LogP contribution < -0.4 is 4.52 Å². The van der Waals surface area contributed by atoms with E-state index in [2.05, 4.69) is 11.1 Å². The van der Waals surface area contributed by atoms with Crippen molar-refractivity contribution in [3.63, 3.8) is 0 Å². The monoisotopic (exact) mass is 445 g/mol. The van der Waals surface area contributed by atoms with Gasteiger partial charge in [-0.25, -0.2) is 4.57 Å². The Hall–Kier alpha value is -2.87. The maximum absolute atomic E-state index is 12.4. The van der Waals surface area contributed by atoms with E-state index in [0.717, 1.165) is 39.3 Å². The van der Waals surface area contributed by atoms with Crippen LogP contribution in [0.4, 0.5) is 0 Å². The number of phosphoric acid groups is 1. The first-order valence-electron chi connectivity index (χ1n) is 10.0. The molecule has 0 atom stereocenters. The highest BCUT2D eigenvalue weighted by Crippen LogP contribution is 2.39. The molecule has 3 heterocycles. The van der Waals surface area contributed by atoms with Gasteiger partial charge in [0.2, 0.25) is 11.6 Å². The van der Waals surface area contributed by atoms with Gasteiger partial charge in [-0.3, -0.25) is 19.4 Å². The van der Waals surface area contributed by atoms with E-state index in [1.807, 2.05) is 14.7 Å². The van der Waals surface area contributed by atoms with E-state index >= 15 is 0 Å². The first kappa shape index (κ1) is 21.4. The van der Waals surface area contributed by atoms with Crippen LogP contribution in [0.1, 0.15) is 5.56 Å². The molecule has 3 aliphatic heterocycles. The fourth-order valence-electron chi connectivity index (χ4n) is 3.32. The normalized spacial score (nSPS) is 19.5. The van der Waals surface area contributed by atoms with Gasteiger partial charge < -0.3 is 19.2 Å². The van der Waals surface area contributed by atoms with Gasteiger partial charge in [0.1, 0.15) is 17.1 Å². The van der Waals surface area contributed by atoms with E-state index in [1.54, 1.807) is 24.3 Å². The minimum absolute atomic E-state index is 0.00546. The Morgan fingerprint density at radius 2 is 1.55 bits per heavy atom. The summed E-state index contributed by atoms with van der Waals surface area (Å²) in [6.45, 7) is 8.95. The molecule has 0 unspecified atom stereocenters. The number of benzene rings is 1. The molecule has 1 aromatic carbocycles.